The molecule has 0 spiro atoms. The van der Waals surface area contributed by atoms with Crippen LogP contribution in [0.15, 0.2) is 29.6 Å². The molecule has 3 aromatic rings. The minimum atomic E-state index is 0.0237. The molecule has 1 aliphatic rings. The molecule has 2 heterocycles. The van der Waals surface area contributed by atoms with Gasteiger partial charge in [-0.3, -0.25) is 4.79 Å². The predicted octanol–water partition coefficient (Wildman–Crippen LogP) is 4.99. The number of halogens is 1. The van der Waals surface area contributed by atoms with Gasteiger partial charge in [-0.1, -0.05) is 23.7 Å². The van der Waals surface area contributed by atoms with E-state index in [2.05, 4.69) is 39.3 Å². The Labute approximate surface area is 168 Å². The second kappa shape index (κ2) is 7.13. The molecule has 1 aliphatic carbocycles. The minimum absolute atomic E-state index is 0.0237. The highest BCUT2D eigenvalue weighted by Crippen LogP contribution is 2.35. The van der Waals surface area contributed by atoms with E-state index in [1.807, 2.05) is 26.0 Å². The maximum atomic E-state index is 12.7. The fraction of sp³-hybridized carbons (Fsp3) is 0.333. The molecule has 1 atom stereocenters. The van der Waals surface area contributed by atoms with Gasteiger partial charge in [0.1, 0.15) is 6.54 Å². The first-order valence-electron chi connectivity index (χ1n) is 9.10. The zero-order chi connectivity index (χ0) is 19.1. The van der Waals surface area contributed by atoms with Crippen molar-refractivity contribution in [3.8, 4) is 11.3 Å². The van der Waals surface area contributed by atoms with Crippen LogP contribution in [0.5, 0.6) is 0 Å². The van der Waals surface area contributed by atoms with Gasteiger partial charge in [0.2, 0.25) is 5.91 Å². The van der Waals surface area contributed by atoms with Crippen molar-refractivity contribution in [2.75, 3.05) is 0 Å². The molecule has 1 N–H and O–H groups in total. The van der Waals surface area contributed by atoms with Crippen LogP contribution in [-0.4, -0.2) is 15.5 Å². The van der Waals surface area contributed by atoms with Gasteiger partial charge in [-0.25, -0.2) is 4.98 Å². The molecule has 1 aromatic carbocycles. The van der Waals surface area contributed by atoms with Crippen LogP contribution in [-0.2, 0) is 17.8 Å². The minimum Gasteiger partial charge on any atom is -0.348 e. The van der Waals surface area contributed by atoms with Crippen molar-refractivity contribution in [1.29, 1.82) is 0 Å². The van der Waals surface area contributed by atoms with Crippen molar-refractivity contribution in [2.45, 2.75) is 46.2 Å². The number of nitrogens with zero attached hydrogens (tertiary/aromatic N) is 2. The molecule has 6 heteroatoms. The lowest BCUT2D eigenvalue weighted by Gasteiger charge is -2.16. The monoisotopic (exact) mass is 399 g/mol. The number of thiazole rings is 1. The summed E-state index contributed by atoms with van der Waals surface area (Å²) in [6, 6.07) is 8.09. The standard InChI is InChI=1S/C21H22ClN3OS/c1-12-9-17(20-11-27-14(3)23-20)13(2)25(12)10-21(26)24-19-8-7-15-16(19)5-4-6-18(15)22/h4-6,9,11,19H,7-8,10H2,1-3H3,(H,24,26). The first-order valence-corrected chi connectivity index (χ1v) is 10.4. The zero-order valence-electron chi connectivity index (χ0n) is 15.7. The Hall–Kier alpha value is -2.11. The average Bonchev–Trinajstić information content (AvgIpc) is 3.30. The van der Waals surface area contributed by atoms with Gasteiger partial charge in [-0.15, -0.1) is 11.3 Å². The molecule has 1 unspecified atom stereocenters. The summed E-state index contributed by atoms with van der Waals surface area (Å²) in [6.07, 6.45) is 1.81. The molecule has 0 aliphatic heterocycles. The quantitative estimate of drug-likeness (QED) is 0.671. The van der Waals surface area contributed by atoms with Crippen LogP contribution in [0, 0.1) is 20.8 Å². The number of amides is 1. The molecule has 0 saturated carbocycles. The van der Waals surface area contributed by atoms with E-state index in [0.717, 1.165) is 51.1 Å². The molecule has 0 bridgehead atoms. The fourth-order valence-corrected chi connectivity index (χ4v) is 4.82. The molecule has 1 amide bonds. The molecule has 0 saturated heterocycles. The van der Waals surface area contributed by atoms with Gasteiger partial charge in [0, 0.05) is 27.4 Å². The summed E-state index contributed by atoms with van der Waals surface area (Å²) in [4.78, 5) is 17.3. The van der Waals surface area contributed by atoms with E-state index in [9.17, 15) is 4.79 Å². The summed E-state index contributed by atoms with van der Waals surface area (Å²) >= 11 is 7.93. The Morgan fingerprint density at radius 3 is 2.93 bits per heavy atom. The van der Waals surface area contributed by atoms with E-state index in [1.165, 1.54) is 5.56 Å². The van der Waals surface area contributed by atoms with Crippen LogP contribution in [0.4, 0.5) is 0 Å². The number of hydrogen-bond donors (Lipinski definition) is 1. The van der Waals surface area contributed by atoms with Gasteiger partial charge in [0.05, 0.1) is 16.7 Å². The number of nitrogens with one attached hydrogen (secondary N) is 1. The largest absolute Gasteiger partial charge is 0.348 e. The second-order valence-corrected chi connectivity index (χ2v) is 8.56. The molecule has 0 fully saturated rings. The lowest BCUT2D eigenvalue weighted by molar-refractivity contribution is -0.122. The number of rotatable bonds is 4. The number of carbonyl (C=O) groups excluding carboxylic acids is 1. The number of benzene rings is 1. The van der Waals surface area contributed by atoms with Gasteiger partial charge in [-0.2, -0.15) is 0 Å². The smallest absolute Gasteiger partial charge is 0.240 e. The number of aromatic nitrogens is 2. The molecule has 2 aromatic heterocycles. The highest BCUT2D eigenvalue weighted by Gasteiger charge is 2.26. The molecule has 140 valence electrons. The van der Waals surface area contributed by atoms with E-state index in [4.69, 9.17) is 11.6 Å². The van der Waals surface area contributed by atoms with Crippen molar-refractivity contribution >= 4 is 28.8 Å². The first-order chi connectivity index (χ1) is 12.9. The van der Waals surface area contributed by atoms with Gasteiger partial charge >= 0.3 is 0 Å². The molecular formula is C21H22ClN3OS. The Kier molecular flexibility index (Phi) is 4.82. The summed E-state index contributed by atoms with van der Waals surface area (Å²) in [7, 11) is 0. The Morgan fingerprint density at radius 2 is 2.19 bits per heavy atom. The molecule has 4 rings (SSSR count). The highest BCUT2D eigenvalue weighted by molar-refractivity contribution is 7.09. The Bertz CT molecular complexity index is 1020. The van der Waals surface area contributed by atoms with E-state index in [-0.39, 0.29) is 11.9 Å². The molecular weight excluding hydrogens is 378 g/mol. The fourth-order valence-electron chi connectivity index (χ4n) is 3.93. The third-order valence-corrected chi connectivity index (χ3v) is 6.45. The Balaban J connectivity index is 1.51. The number of carbonyl (C=O) groups is 1. The van der Waals surface area contributed by atoms with Crippen LogP contribution in [0.25, 0.3) is 11.3 Å². The third kappa shape index (κ3) is 3.42. The van der Waals surface area contributed by atoms with Crippen LogP contribution in [0.3, 0.4) is 0 Å². The maximum Gasteiger partial charge on any atom is 0.240 e. The summed E-state index contributed by atoms with van der Waals surface area (Å²) in [5.41, 5.74) is 6.54. The first kappa shape index (κ1) is 18.3. The van der Waals surface area contributed by atoms with Gasteiger partial charge < -0.3 is 9.88 Å². The third-order valence-electron chi connectivity index (χ3n) is 5.32. The SMILES string of the molecule is Cc1nc(-c2cc(C)n(CC(=O)NC3CCc4c(Cl)cccc43)c2C)cs1. The Morgan fingerprint density at radius 1 is 1.37 bits per heavy atom. The van der Waals surface area contributed by atoms with Crippen LogP contribution < -0.4 is 5.32 Å². The van der Waals surface area contributed by atoms with Crippen LogP contribution in [0.2, 0.25) is 5.02 Å². The normalized spacial score (nSPS) is 15.8. The summed E-state index contributed by atoms with van der Waals surface area (Å²) in [5.74, 6) is 0.0237. The van der Waals surface area contributed by atoms with Gasteiger partial charge in [-0.05, 0) is 56.9 Å². The zero-order valence-corrected chi connectivity index (χ0v) is 17.2. The molecule has 27 heavy (non-hydrogen) atoms. The van der Waals surface area contributed by atoms with Crippen molar-refractivity contribution < 1.29 is 4.79 Å². The van der Waals surface area contributed by atoms with E-state index in [1.54, 1.807) is 11.3 Å². The van der Waals surface area contributed by atoms with Crippen molar-refractivity contribution in [3.05, 3.63) is 62.2 Å². The lowest BCUT2D eigenvalue weighted by atomic mass is 10.1. The molecule has 0 radical (unpaired) electrons. The van der Waals surface area contributed by atoms with E-state index >= 15 is 0 Å². The van der Waals surface area contributed by atoms with E-state index in [0.29, 0.717) is 6.54 Å². The van der Waals surface area contributed by atoms with Gasteiger partial charge in [0.25, 0.3) is 0 Å². The summed E-state index contributed by atoms with van der Waals surface area (Å²) < 4.78 is 2.06. The highest BCUT2D eigenvalue weighted by atomic mass is 35.5. The maximum absolute atomic E-state index is 12.7. The second-order valence-electron chi connectivity index (χ2n) is 7.09. The van der Waals surface area contributed by atoms with Crippen LogP contribution in [0.1, 0.15) is 40.0 Å². The topological polar surface area (TPSA) is 46.9 Å². The van der Waals surface area contributed by atoms with Crippen molar-refractivity contribution in [1.82, 2.24) is 14.9 Å². The van der Waals surface area contributed by atoms with Gasteiger partial charge in [0.15, 0.2) is 0 Å². The number of fused-ring (bicyclic) bond motifs is 1. The van der Waals surface area contributed by atoms with Crippen LogP contribution >= 0.6 is 22.9 Å². The summed E-state index contributed by atoms with van der Waals surface area (Å²) in [5, 5.41) is 7.10. The van der Waals surface area contributed by atoms with E-state index < -0.39 is 0 Å². The molecule has 4 nitrogen and oxygen atoms in total. The number of aryl methyl sites for hydroxylation is 2. The predicted molar refractivity (Wildman–Crippen MR) is 110 cm³/mol. The van der Waals surface area contributed by atoms with Crippen molar-refractivity contribution in [3.63, 3.8) is 0 Å². The average molecular weight is 400 g/mol. The number of hydrogen-bond acceptors (Lipinski definition) is 3. The summed E-state index contributed by atoms with van der Waals surface area (Å²) in [6.45, 7) is 6.41. The lowest BCUT2D eigenvalue weighted by Crippen LogP contribution is -2.31. The van der Waals surface area contributed by atoms with Crippen molar-refractivity contribution in [2.24, 2.45) is 0 Å².